The van der Waals surface area contributed by atoms with Crippen LogP contribution in [0.25, 0.3) is 0 Å². The van der Waals surface area contributed by atoms with Crippen molar-refractivity contribution in [3.8, 4) is 0 Å². The van der Waals surface area contributed by atoms with Gasteiger partial charge in [-0.05, 0) is 55.8 Å². The maximum Gasteiger partial charge on any atom is 0.303 e. The van der Waals surface area contributed by atoms with Crippen LogP contribution in [0, 0.1) is 29.6 Å². The molecule has 0 aromatic carbocycles. The van der Waals surface area contributed by atoms with E-state index in [-0.39, 0.29) is 12.3 Å². The smallest absolute Gasteiger partial charge is 0.303 e. The largest absolute Gasteiger partial charge is 0.481 e. The minimum absolute atomic E-state index is 0.240. The first-order valence-corrected chi connectivity index (χ1v) is 7.68. The fourth-order valence-electron chi connectivity index (χ4n) is 4.58. The molecule has 4 heteroatoms. The Morgan fingerprint density at radius 1 is 1.05 bits per heavy atom. The highest BCUT2D eigenvalue weighted by molar-refractivity contribution is 5.82. The van der Waals surface area contributed by atoms with Crippen LogP contribution in [0.2, 0.25) is 0 Å². The molecular weight excluding hydrogens is 242 g/mol. The molecule has 19 heavy (non-hydrogen) atoms. The topological polar surface area (TPSA) is 66.4 Å². The summed E-state index contributed by atoms with van der Waals surface area (Å²) in [5.74, 6) is 2.99. The molecule has 3 rings (SSSR count). The lowest BCUT2D eigenvalue weighted by Gasteiger charge is -2.09. The Bertz CT molecular complexity index is 366. The molecule has 0 heterocycles. The number of unbranched alkanes of at least 4 members (excludes halogenated alkanes) is 2. The van der Waals surface area contributed by atoms with Gasteiger partial charge in [-0.25, -0.2) is 0 Å². The van der Waals surface area contributed by atoms with Gasteiger partial charge in [-0.2, -0.15) is 0 Å². The summed E-state index contributed by atoms with van der Waals surface area (Å²) in [6.45, 7) is 0.712. The summed E-state index contributed by atoms with van der Waals surface area (Å²) in [6.07, 6.45) is 6.82. The predicted molar refractivity (Wildman–Crippen MR) is 70.4 cm³/mol. The van der Waals surface area contributed by atoms with E-state index in [1.807, 2.05) is 0 Å². The number of nitrogens with one attached hydrogen (secondary N) is 1. The summed E-state index contributed by atoms with van der Waals surface area (Å²) < 4.78 is 0. The van der Waals surface area contributed by atoms with Gasteiger partial charge in [0.15, 0.2) is 0 Å². The number of carbonyl (C=O) groups is 2. The molecular formula is C15H23NO3. The molecule has 3 aliphatic carbocycles. The van der Waals surface area contributed by atoms with Crippen molar-refractivity contribution in [2.24, 2.45) is 29.6 Å². The van der Waals surface area contributed by atoms with E-state index in [9.17, 15) is 9.59 Å². The van der Waals surface area contributed by atoms with Gasteiger partial charge in [0.1, 0.15) is 0 Å². The van der Waals surface area contributed by atoms with Crippen molar-refractivity contribution >= 4 is 11.9 Å². The quantitative estimate of drug-likeness (QED) is 0.692. The molecule has 0 aliphatic heterocycles. The van der Waals surface area contributed by atoms with E-state index in [4.69, 9.17) is 5.11 Å². The summed E-state index contributed by atoms with van der Waals surface area (Å²) in [5.41, 5.74) is 0. The fourth-order valence-corrected chi connectivity index (χ4v) is 4.58. The highest BCUT2D eigenvalue weighted by atomic mass is 16.4. The lowest BCUT2D eigenvalue weighted by Crippen LogP contribution is -2.28. The number of hydrogen-bond acceptors (Lipinski definition) is 2. The molecule has 3 saturated carbocycles. The van der Waals surface area contributed by atoms with Crippen molar-refractivity contribution in [3.63, 3.8) is 0 Å². The van der Waals surface area contributed by atoms with Crippen LogP contribution >= 0.6 is 0 Å². The summed E-state index contributed by atoms with van der Waals surface area (Å²) >= 11 is 0. The summed E-state index contributed by atoms with van der Waals surface area (Å²) in [4.78, 5) is 22.4. The Labute approximate surface area is 113 Å². The first-order valence-electron chi connectivity index (χ1n) is 7.68. The highest BCUT2D eigenvalue weighted by Crippen LogP contribution is 2.69. The third kappa shape index (κ3) is 2.49. The second kappa shape index (κ2) is 5.14. The highest BCUT2D eigenvalue weighted by Gasteiger charge is 2.67. The number of rotatable bonds is 7. The zero-order valence-corrected chi connectivity index (χ0v) is 11.3. The van der Waals surface area contributed by atoms with Gasteiger partial charge in [-0.3, -0.25) is 9.59 Å². The van der Waals surface area contributed by atoms with E-state index in [1.165, 1.54) is 19.3 Å². The molecule has 0 spiro atoms. The van der Waals surface area contributed by atoms with E-state index < -0.39 is 5.97 Å². The van der Waals surface area contributed by atoms with Gasteiger partial charge < -0.3 is 10.4 Å². The number of amides is 1. The number of aliphatic carboxylic acids is 1. The van der Waals surface area contributed by atoms with Gasteiger partial charge in [-0.15, -0.1) is 0 Å². The van der Waals surface area contributed by atoms with Crippen molar-refractivity contribution in [1.82, 2.24) is 5.32 Å². The van der Waals surface area contributed by atoms with E-state index in [2.05, 4.69) is 5.32 Å². The van der Waals surface area contributed by atoms with Crippen LogP contribution in [0.15, 0.2) is 0 Å². The number of carboxylic acids is 1. The third-order valence-electron chi connectivity index (χ3n) is 5.40. The molecule has 4 atom stereocenters. The van der Waals surface area contributed by atoms with Crippen molar-refractivity contribution in [1.29, 1.82) is 0 Å². The van der Waals surface area contributed by atoms with E-state index >= 15 is 0 Å². The standard InChI is InChI=1S/C15H23NO3/c17-11(18)4-2-1-3-7-16-15(19)14-12-9-5-6-10(8-9)13(12)14/h9-10,12-14H,1-8H2,(H,16,19)(H,17,18)/t9-,10-,12-,13-/m0/s1. The van der Waals surface area contributed by atoms with Crippen LogP contribution in [0.1, 0.15) is 44.9 Å². The van der Waals surface area contributed by atoms with Crippen LogP contribution < -0.4 is 5.32 Å². The van der Waals surface area contributed by atoms with Gasteiger partial charge in [-0.1, -0.05) is 6.42 Å². The lowest BCUT2D eigenvalue weighted by molar-refractivity contribution is -0.137. The molecule has 0 saturated heterocycles. The molecule has 106 valence electrons. The molecule has 0 aromatic rings. The Kier molecular flexibility index (Phi) is 3.50. The van der Waals surface area contributed by atoms with Crippen molar-refractivity contribution in [3.05, 3.63) is 0 Å². The molecule has 0 radical (unpaired) electrons. The monoisotopic (exact) mass is 265 g/mol. The van der Waals surface area contributed by atoms with E-state index in [1.54, 1.807) is 0 Å². The fraction of sp³-hybridized carbons (Fsp3) is 0.867. The van der Waals surface area contributed by atoms with E-state index in [0.29, 0.717) is 30.7 Å². The third-order valence-corrected chi connectivity index (χ3v) is 5.40. The molecule has 2 bridgehead atoms. The van der Waals surface area contributed by atoms with Gasteiger partial charge in [0.25, 0.3) is 0 Å². The van der Waals surface area contributed by atoms with Crippen LogP contribution in [0.3, 0.4) is 0 Å². The summed E-state index contributed by atoms with van der Waals surface area (Å²) in [5, 5.41) is 11.6. The van der Waals surface area contributed by atoms with Gasteiger partial charge in [0.2, 0.25) is 5.91 Å². The first-order chi connectivity index (χ1) is 9.18. The molecule has 4 nitrogen and oxygen atoms in total. The average molecular weight is 265 g/mol. The maximum atomic E-state index is 12.1. The molecule has 0 aromatic heterocycles. The van der Waals surface area contributed by atoms with Crippen molar-refractivity contribution in [2.45, 2.75) is 44.9 Å². The average Bonchev–Trinajstić information content (AvgIpc) is 2.82. The predicted octanol–water partition coefficient (Wildman–Crippen LogP) is 2.04. The van der Waals surface area contributed by atoms with Crippen LogP contribution in [0.5, 0.6) is 0 Å². The normalized spacial score (nSPS) is 38.0. The number of carbonyl (C=O) groups excluding carboxylic acids is 1. The summed E-state index contributed by atoms with van der Waals surface area (Å²) in [7, 11) is 0. The van der Waals surface area contributed by atoms with Gasteiger partial charge >= 0.3 is 5.97 Å². The van der Waals surface area contributed by atoms with E-state index in [0.717, 1.165) is 24.7 Å². The van der Waals surface area contributed by atoms with Crippen LogP contribution in [-0.4, -0.2) is 23.5 Å². The second-order valence-electron chi connectivity index (χ2n) is 6.51. The summed E-state index contributed by atoms with van der Waals surface area (Å²) in [6, 6.07) is 0. The Balaban J connectivity index is 1.30. The minimum atomic E-state index is -0.731. The lowest BCUT2D eigenvalue weighted by atomic mass is 10.0. The van der Waals surface area contributed by atoms with Crippen molar-refractivity contribution in [2.75, 3.05) is 6.54 Å². The molecule has 3 aliphatic rings. The maximum absolute atomic E-state index is 12.1. The van der Waals surface area contributed by atoms with Crippen LogP contribution in [-0.2, 0) is 9.59 Å². The Morgan fingerprint density at radius 2 is 1.74 bits per heavy atom. The zero-order valence-electron chi connectivity index (χ0n) is 11.3. The van der Waals surface area contributed by atoms with Gasteiger partial charge in [0.05, 0.1) is 0 Å². The number of hydrogen-bond donors (Lipinski definition) is 2. The zero-order chi connectivity index (χ0) is 13.4. The first kappa shape index (κ1) is 12.9. The SMILES string of the molecule is O=C(O)CCCCCNC(=O)C1[C@H]2[C@H]3CC[C@@H](C3)[C@H]12. The molecule has 0 unspecified atom stereocenters. The van der Waals surface area contributed by atoms with Gasteiger partial charge in [0, 0.05) is 18.9 Å². The Morgan fingerprint density at radius 3 is 2.37 bits per heavy atom. The molecule has 1 amide bonds. The van der Waals surface area contributed by atoms with Crippen LogP contribution in [0.4, 0.5) is 0 Å². The minimum Gasteiger partial charge on any atom is -0.481 e. The number of carboxylic acid groups (broad SMARTS) is 1. The molecule has 3 fully saturated rings. The second-order valence-corrected chi connectivity index (χ2v) is 6.51. The molecule has 2 N–H and O–H groups in total. The Hall–Kier alpha value is -1.06. The van der Waals surface area contributed by atoms with Crippen molar-refractivity contribution < 1.29 is 14.7 Å². The number of fused-ring (bicyclic) bond motifs is 5.